The molecule has 3 rings (SSSR count). The number of hydrogen-bond acceptors (Lipinski definition) is 5. The summed E-state index contributed by atoms with van der Waals surface area (Å²) in [4.78, 5) is 12.3. The summed E-state index contributed by atoms with van der Waals surface area (Å²) in [7, 11) is 0. The monoisotopic (exact) mass is 454 g/mol. The summed E-state index contributed by atoms with van der Waals surface area (Å²) in [6, 6.07) is 11.2. The standard InChI is InChI=1S/C15H11IN4OS2/c1-8-6-7-11-13(20-23-19-11)12(8)17-15(22)18-14(21)9-4-2-3-5-10(9)16/h2-7H,1H3,(H2,17,18,21,22). The van der Waals surface area contributed by atoms with Crippen LogP contribution in [0.5, 0.6) is 0 Å². The highest BCUT2D eigenvalue weighted by atomic mass is 127. The Morgan fingerprint density at radius 2 is 2.00 bits per heavy atom. The molecule has 0 fully saturated rings. The molecule has 5 nitrogen and oxygen atoms in total. The number of aromatic nitrogens is 2. The van der Waals surface area contributed by atoms with Gasteiger partial charge in [-0.2, -0.15) is 8.75 Å². The first kappa shape index (κ1) is 16.2. The maximum absolute atomic E-state index is 12.3. The fraction of sp³-hybridized carbons (Fsp3) is 0.0667. The van der Waals surface area contributed by atoms with Gasteiger partial charge in [0.25, 0.3) is 5.91 Å². The lowest BCUT2D eigenvalue weighted by molar-refractivity contribution is 0.0977. The maximum atomic E-state index is 12.3. The van der Waals surface area contributed by atoms with Gasteiger partial charge in [0.2, 0.25) is 0 Å². The number of amides is 1. The summed E-state index contributed by atoms with van der Waals surface area (Å²) in [5.41, 5.74) is 3.89. The highest BCUT2D eigenvalue weighted by Gasteiger charge is 2.14. The van der Waals surface area contributed by atoms with Crippen molar-refractivity contribution in [1.29, 1.82) is 0 Å². The number of halogens is 1. The molecule has 3 aromatic rings. The number of fused-ring (bicyclic) bond motifs is 1. The Labute approximate surface area is 156 Å². The average molecular weight is 454 g/mol. The van der Waals surface area contributed by atoms with Crippen LogP contribution in [0.4, 0.5) is 5.69 Å². The van der Waals surface area contributed by atoms with Crippen molar-refractivity contribution in [3.8, 4) is 0 Å². The molecule has 0 spiro atoms. The second-order valence-corrected chi connectivity index (χ2v) is 6.88. The Balaban J connectivity index is 1.79. The molecule has 0 saturated heterocycles. The van der Waals surface area contributed by atoms with Crippen molar-refractivity contribution in [1.82, 2.24) is 14.1 Å². The molecule has 23 heavy (non-hydrogen) atoms. The van der Waals surface area contributed by atoms with Crippen molar-refractivity contribution in [2.24, 2.45) is 0 Å². The van der Waals surface area contributed by atoms with Gasteiger partial charge in [-0.1, -0.05) is 18.2 Å². The van der Waals surface area contributed by atoms with E-state index >= 15 is 0 Å². The number of thiocarbonyl (C=S) groups is 1. The molecule has 0 atom stereocenters. The van der Waals surface area contributed by atoms with Crippen molar-refractivity contribution < 1.29 is 4.79 Å². The summed E-state index contributed by atoms with van der Waals surface area (Å²) < 4.78 is 9.35. The predicted molar refractivity (Wildman–Crippen MR) is 105 cm³/mol. The topological polar surface area (TPSA) is 66.9 Å². The van der Waals surface area contributed by atoms with E-state index in [-0.39, 0.29) is 11.0 Å². The van der Waals surface area contributed by atoms with Crippen LogP contribution < -0.4 is 10.6 Å². The van der Waals surface area contributed by atoms with E-state index in [2.05, 4.69) is 42.0 Å². The zero-order chi connectivity index (χ0) is 16.4. The van der Waals surface area contributed by atoms with Crippen molar-refractivity contribution >= 4 is 74.3 Å². The molecule has 0 aliphatic carbocycles. The van der Waals surface area contributed by atoms with E-state index in [1.807, 2.05) is 37.3 Å². The van der Waals surface area contributed by atoms with Gasteiger partial charge >= 0.3 is 0 Å². The van der Waals surface area contributed by atoms with Crippen LogP contribution in [0.25, 0.3) is 11.0 Å². The van der Waals surface area contributed by atoms with Crippen LogP contribution in [0.15, 0.2) is 36.4 Å². The Bertz CT molecular complexity index is 909. The number of carbonyl (C=O) groups is 1. The smallest absolute Gasteiger partial charge is 0.258 e. The zero-order valence-corrected chi connectivity index (χ0v) is 15.8. The summed E-state index contributed by atoms with van der Waals surface area (Å²) in [5, 5.41) is 6.00. The van der Waals surface area contributed by atoms with Gasteiger partial charge in [0, 0.05) is 3.57 Å². The van der Waals surface area contributed by atoms with Gasteiger partial charge in [-0.05, 0) is 65.5 Å². The third-order valence-electron chi connectivity index (χ3n) is 3.22. The Morgan fingerprint density at radius 1 is 1.22 bits per heavy atom. The number of aryl methyl sites for hydroxylation is 1. The average Bonchev–Trinajstić information content (AvgIpc) is 2.99. The number of carbonyl (C=O) groups excluding carboxylic acids is 1. The Kier molecular flexibility index (Phi) is 4.83. The summed E-state index contributed by atoms with van der Waals surface area (Å²) in [6.45, 7) is 1.95. The third kappa shape index (κ3) is 3.48. The second-order valence-electron chi connectivity index (χ2n) is 4.78. The number of rotatable bonds is 2. The van der Waals surface area contributed by atoms with Crippen LogP contribution in [0, 0.1) is 10.5 Å². The minimum absolute atomic E-state index is 0.234. The fourth-order valence-electron chi connectivity index (χ4n) is 2.07. The zero-order valence-electron chi connectivity index (χ0n) is 12.0. The van der Waals surface area contributed by atoms with E-state index in [0.29, 0.717) is 5.56 Å². The molecule has 116 valence electrons. The molecular formula is C15H11IN4OS2. The van der Waals surface area contributed by atoms with Crippen LogP contribution in [0.1, 0.15) is 15.9 Å². The first-order valence-electron chi connectivity index (χ1n) is 6.65. The van der Waals surface area contributed by atoms with E-state index < -0.39 is 0 Å². The summed E-state index contributed by atoms with van der Waals surface area (Å²) in [5.74, 6) is -0.242. The van der Waals surface area contributed by atoms with Crippen molar-refractivity contribution in [2.75, 3.05) is 5.32 Å². The van der Waals surface area contributed by atoms with E-state index in [9.17, 15) is 4.79 Å². The van der Waals surface area contributed by atoms with E-state index in [1.165, 1.54) is 0 Å². The molecule has 2 aromatic carbocycles. The molecule has 0 radical (unpaired) electrons. The highest BCUT2D eigenvalue weighted by Crippen LogP contribution is 2.25. The van der Waals surface area contributed by atoms with Crippen LogP contribution in [0.2, 0.25) is 0 Å². The van der Waals surface area contributed by atoms with Crippen molar-refractivity contribution in [2.45, 2.75) is 6.92 Å². The molecule has 0 aliphatic heterocycles. The lowest BCUT2D eigenvalue weighted by atomic mass is 10.1. The molecule has 1 amide bonds. The molecule has 2 N–H and O–H groups in total. The van der Waals surface area contributed by atoms with E-state index in [4.69, 9.17) is 12.2 Å². The first-order valence-corrected chi connectivity index (χ1v) is 8.86. The maximum Gasteiger partial charge on any atom is 0.258 e. The summed E-state index contributed by atoms with van der Waals surface area (Å²) >= 11 is 8.53. The molecule has 0 aliphatic rings. The molecule has 1 aromatic heterocycles. The van der Waals surface area contributed by atoms with Gasteiger partial charge in [0.1, 0.15) is 11.0 Å². The second kappa shape index (κ2) is 6.85. The first-order chi connectivity index (χ1) is 11.1. The minimum atomic E-state index is -0.242. The van der Waals surface area contributed by atoms with Crippen LogP contribution in [-0.2, 0) is 0 Å². The molecule has 0 unspecified atom stereocenters. The SMILES string of the molecule is Cc1ccc2nsnc2c1NC(=S)NC(=O)c1ccccc1I. The molecule has 0 bridgehead atoms. The number of benzene rings is 2. The molecular weight excluding hydrogens is 443 g/mol. The van der Waals surface area contributed by atoms with Gasteiger partial charge in [-0.15, -0.1) is 0 Å². The van der Waals surface area contributed by atoms with Crippen LogP contribution in [-0.4, -0.2) is 19.8 Å². The number of hydrogen-bond donors (Lipinski definition) is 2. The Morgan fingerprint density at radius 3 is 2.78 bits per heavy atom. The number of nitrogens with one attached hydrogen (secondary N) is 2. The fourth-order valence-corrected chi connectivity index (χ4v) is 3.44. The van der Waals surface area contributed by atoms with Gasteiger partial charge in [0.15, 0.2) is 5.11 Å². The van der Waals surface area contributed by atoms with Gasteiger partial charge in [0.05, 0.1) is 23.0 Å². The number of nitrogens with zero attached hydrogens (tertiary/aromatic N) is 2. The van der Waals surface area contributed by atoms with Crippen molar-refractivity contribution in [3.05, 3.63) is 51.1 Å². The molecule has 1 heterocycles. The quantitative estimate of drug-likeness (QED) is 0.457. The largest absolute Gasteiger partial charge is 0.330 e. The van der Waals surface area contributed by atoms with E-state index in [0.717, 1.165) is 37.6 Å². The molecule has 8 heteroatoms. The minimum Gasteiger partial charge on any atom is -0.330 e. The van der Waals surface area contributed by atoms with Gasteiger partial charge in [-0.25, -0.2) is 0 Å². The van der Waals surface area contributed by atoms with Crippen LogP contribution in [0.3, 0.4) is 0 Å². The van der Waals surface area contributed by atoms with Crippen molar-refractivity contribution in [3.63, 3.8) is 0 Å². The van der Waals surface area contributed by atoms with Gasteiger partial charge in [-0.3, -0.25) is 10.1 Å². The lowest BCUT2D eigenvalue weighted by Crippen LogP contribution is -2.34. The predicted octanol–water partition coefficient (Wildman–Crippen LogP) is 3.73. The van der Waals surface area contributed by atoms with Gasteiger partial charge < -0.3 is 5.32 Å². The number of anilines is 1. The molecule has 0 saturated carbocycles. The lowest BCUT2D eigenvalue weighted by Gasteiger charge is -2.12. The van der Waals surface area contributed by atoms with Crippen LogP contribution >= 0.6 is 46.5 Å². The third-order valence-corrected chi connectivity index (χ3v) is 4.91. The normalized spacial score (nSPS) is 10.5. The van der Waals surface area contributed by atoms with E-state index in [1.54, 1.807) is 6.07 Å². The summed E-state index contributed by atoms with van der Waals surface area (Å²) in [6.07, 6.45) is 0. The highest BCUT2D eigenvalue weighted by molar-refractivity contribution is 14.1. The Hall–Kier alpha value is -1.65.